The maximum atomic E-state index is 12.8. The molecule has 6 N–H and O–H groups in total. The Morgan fingerprint density at radius 3 is 0.941 bits per heavy atom. The van der Waals surface area contributed by atoms with Gasteiger partial charge in [0.25, 0.3) is 23.6 Å². The topological polar surface area (TPSA) is 144 Å². The van der Waals surface area contributed by atoms with Crippen molar-refractivity contribution in [1.82, 2.24) is 10.6 Å². The molecule has 0 saturated carbocycles. The minimum absolute atomic E-state index is 0.00289. The summed E-state index contributed by atoms with van der Waals surface area (Å²) in [7, 11) is 0. The van der Waals surface area contributed by atoms with Crippen LogP contribution in [0.5, 0.6) is 0 Å². The van der Waals surface area contributed by atoms with E-state index >= 15 is 0 Å². The number of hydrogen-bond acceptors (Lipinski definition) is 4. The Hall–Kier alpha value is 0.160. The molecule has 0 radical (unpaired) electrons. The van der Waals surface area contributed by atoms with Crippen LogP contribution in [0.3, 0.4) is 0 Å². The Labute approximate surface area is 260 Å². The summed E-state index contributed by atoms with van der Waals surface area (Å²) >= 11 is 26.4. The number of carbonyl (C=O) groups is 4. The van der Waals surface area contributed by atoms with Gasteiger partial charge in [-0.25, -0.2) is 0 Å². The molecule has 0 unspecified atom stereocenters. The molecular weight excluding hydrogens is 975 g/mol. The molecule has 4 amide bonds. The zero-order valence-electron chi connectivity index (χ0n) is 16.2. The van der Waals surface area contributed by atoms with Gasteiger partial charge in [0.2, 0.25) is 0 Å². The Kier molecular flexibility index (Phi) is 11.3. The first-order valence-electron chi connectivity index (χ1n) is 8.61. The van der Waals surface area contributed by atoms with Crippen molar-refractivity contribution < 1.29 is 19.2 Å². The van der Waals surface area contributed by atoms with Crippen LogP contribution in [0.25, 0.3) is 0 Å². The van der Waals surface area contributed by atoms with E-state index in [1.54, 1.807) is 0 Å². The highest BCUT2D eigenvalue weighted by molar-refractivity contribution is 9.15. The molecular formula is C18H10Br8N4O4. The van der Waals surface area contributed by atoms with E-state index in [2.05, 4.69) is 138 Å². The van der Waals surface area contributed by atoms with Gasteiger partial charge in [-0.3, -0.25) is 19.2 Å². The summed E-state index contributed by atoms with van der Waals surface area (Å²) in [5.41, 5.74) is 10.9. The standard InChI is InChI=1S/C18H10Br8N4O4/c19-7-3(15(27)31)5(9(21)13(25)11(7)23)17(33)29-1-2-30-18(34)6-4(16(28)32)8(20)12(24)14(26)10(6)22/h1-2H2,(H2,27,31)(H2,28,32)(H,29,33)(H,30,34). The first-order valence-corrected chi connectivity index (χ1v) is 15.0. The van der Waals surface area contributed by atoms with Crippen molar-refractivity contribution in [2.45, 2.75) is 0 Å². The van der Waals surface area contributed by atoms with Gasteiger partial charge in [0.1, 0.15) is 0 Å². The molecule has 2 aromatic carbocycles. The first-order chi connectivity index (χ1) is 15.7. The summed E-state index contributed by atoms with van der Waals surface area (Å²) in [5.74, 6) is -2.82. The predicted molar refractivity (Wildman–Crippen MR) is 156 cm³/mol. The van der Waals surface area contributed by atoms with Crippen LogP contribution >= 0.6 is 127 Å². The molecule has 0 aliphatic carbocycles. The molecule has 0 fully saturated rings. The normalized spacial score (nSPS) is 10.7. The number of benzene rings is 2. The molecule has 0 aromatic heterocycles. The molecule has 0 aliphatic heterocycles. The van der Waals surface area contributed by atoms with Crippen molar-refractivity contribution in [3.63, 3.8) is 0 Å². The average Bonchev–Trinajstić information content (AvgIpc) is 2.77. The number of nitrogens with one attached hydrogen (secondary N) is 2. The van der Waals surface area contributed by atoms with E-state index in [9.17, 15) is 19.2 Å². The smallest absolute Gasteiger partial charge is 0.253 e. The van der Waals surface area contributed by atoms with Crippen LogP contribution < -0.4 is 22.1 Å². The van der Waals surface area contributed by atoms with Crippen LogP contribution in [0.15, 0.2) is 35.8 Å². The second-order valence-electron chi connectivity index (χ2n) is 6.25. The lowest BCUT2D eigenvalue weighted by atomic mass is 10.1. The molecule has 2 rings (SSSR count). The lowest BCUT2D eigenvalue weighted by Crippen LogP contribution is -2.36. The predicted octanol–water partition coefficient (Wildman–Crippen LogP) is 6.14. The summed E-state index contributed by atoms with van der Waals surface area (Å²) < 4.78 is 3.25. The monoisotopic (exact) mass is 977 g/mol. The zero-order valence-corrected chi connectivity index (χ0v) is 28.9. The lowest BCUT2D eigenvalue weighted by Gasteiger charge is -2.16. The average molecular weight is 986 g/mol. The Balaban J connectivity index is 2.23. The second kappa shape index (κ2) is 12.6. The number of primary amides is 2. The van der Waals surface area contributed by atoms with Gasteiger partial charge in [0.05, 0.1) is 22.3 Å². The molecule has 2 aromatic rings. The van der Waals surface area contributed by atoms with Crippen LogP contribution in [0.4, 0.5) is 0 Å². The fourth-order valence-corrected chi connectivity index (χ4v) is 7.67. The van der Waals surface area contributed by atoms with Crippen molar-refractivity contribution in [3.05, 3.63) is 58.0 Å². The molecule has 8 nitrogen and oxygen atoms in total. The summed E-state index contributed by atoms with van der Waals surface area (Å²) in [4.78, 5) is 49.6. The van der Waals surface area contributed by atoms with Crippen LogP contribution in [-0.2, 0) is 0 Å². The van der Waals surface area contributed by atoms with E-state index in [0.717, 1.165) is 0 Å². The van der Waals surface area contributed by atoms with E-state index < -0.39 is 23.6 Å². The van der Waals surface area contributed by atoms with Crippen LogP contribution in [-0.4, -0.2) is 36.7 Å². The maximum absolute atomic E-state index is 12.8. The molecule has 0 atom stereocenters. The number of rotatable bonds is 7. The third kappa shape index (κ3) is 6.17. The lowest BCUT2D eigenvalue weighted by molar-refractivity contribution is 0.0917. The largest absolute Gasteiger partial charge is 0.366 e. The number of amides is 4. The number of halogens is 8. The second-order valence-corrected chi connectivity index (χ2v) is 12.6. The molecule has 182 valence electrons. The summed E-state index contributed by atoms with van der Waals surface area (Å²) in [6, 6.07) is 0. The minimum atomic E-state index is -0.811. The highest BCUT2D eigenvalue weighted by Crippen LogP contribution is 2.43. The van der Waals surface area contributed by atoms with Gasteiger partial charge in [-0.05, 0) is 127 Å². The quantitative estimate of drug-likeness (QED) is 0.150. The van der Waals surface area contributed by atoms with Crippen molar-refractivity contribution in [2.75, 3.05) is 13.1 Å². The molecule has 0 bridgehead atoms. The zero-order chi connectivity index (χ0) is 26.1. The van der Waals surface area contributed by atoms with Gasteiger partial charge in [-0.15, -0.1) is 0 Å². The SMILES string of the molecule is NC(=O)c1c(Br)c(Br)c(Br)c(Br)c1C(=O)NCCNC(=O)c1c(Br)c(Br)c(Br)c(Br)c1C(N)=O. The Morgan fingerprint density at radius 2 is 0.706 bits per heavy atom. The highest BCUT2D eigenvalue weighted by Gasteiger charge is 2.28. The minimum Gasteiger partial charge on any atom is -0.366 e. The van der Waals surface area contributed by atoms with E-state index in [4.69, 9.17) is 11.5 Å². The Bertz CT molecular complexity index is 1160. The molecule has 0 heterocycles. The van der Waals surface area contributed by atoms with Crippen molar-refractivity contribution in [2.24, 2.45) is 11.5 Å². The van der Waals surface area contributed by atoms with E-state index in [-0.39, 0.29) is 35.3 Å². The summed E-state index contributed by atoms with van der Waals surface area (Å²) in [6.07, 6.45) is 0. The van der Waals surface area contributed by atoms with Crippen molar-refractivity contribution in [3.8, 4) is 0 Å². The molecule has 0 spiro atoms. The van der Waals surface area contributed by atoms with E-state index in [0.29, 0.717) is 35.8 Å². The van der Waals surface area contributed by atoms with Gasteiger partial charge < -0.3 is 22.1 Å². The van der Waals surface area contributed by atoms with E-state index in [1.807, 2.05) is 0 Å². The van der Waals surface area contributed by atoms with Gasteiger partial charge in [0, 0.05) is 48.9 Å². The van der Waals surface area contributed by atoms with Crippen molar-refractivity contribution >= 4 is 151 Å². The van der Waals surface area contributed by atoms with Gasteiger partial charge in [-0.2, -0.15) is 0 Å². The van der Waals surface area contributed by atoms with Gasteiger partial charge >= 0.3 is 0 Å². The van der Waals surface area contributed by atoms with Gasteiger partial charge in [-0.1, -0.05) is 0 Å². The van der Waals surface area contributed by atoms with Crippen LogP contribution in [0.1, 0.15) is 41.4 Å². The third-order valence-corrected chi connectivity index (χ3v) is 13.7. The fraction of sp³-hybridized carbons (Fsp3) is 0.111. The first kappa shape index (κ1) is 30.4. The summed E-state index contributed by atoms with van der Waals surface area (Å²) in [6.45, 7) is 0.00577. The number of carbonyl (C=O) groups excluding carboxylic acids is 4. The maximum Gasteiger partial charge on any atom is 0.253 e. The fourth-order valence-electron chi connectivity index (χ4n) is 2.68. The molecule has 16 heteroatoms. The van der Waals surface area contributed by atoms with E-state index in [1.165, 1.54) is 0 Å². The molecule has 0 aliphatic rings. The molecule has 34 heavy (non-hydrogen) atoms. The van der Waals surface area contributed by atoms with Crippen LogP contribution in [0, 0.1) is 0 Å². The molecule has 0 saturated heterocycles. The van der Waals surface area contributed by atoms with Crippen molar-refractivity contribution in [1.29, 1.82) is 0 Å². The van der Waals surface area contributed by atoms with Gasteiger partial charge in [0.15, 0.2) is 0 Å². The van der Waals surface area contributed by atoms with Crippen LogP contribution in [0.2, 0.25) is 0 Å². The summed E-state index contributed by atoms with van der Waals surface area (Å²) in [5, 5.41) is 5.24. The number of nitrogens with two attached hydrogens (primary N) is 2. The highest BCUT2D eigenvalue weighted by atomic mass is 79.9. The number of hydrogen-bond donors (Lipinski definition) is 4. The Morgan fingerprint density at radius 1 is 0.471 bits per heavy atom. The third-order valence-electron chi connectivity index (χ3n) is 4.18.